The lowest BCUT2D eigenvalue weighted by molar-refractivity contribution is 0.514. The minimum atomic E-state index is 0.0675. The van der Waals surface area contributed by atoms with Crippen molar-refractivity contribution >= 4 is 10.8 Å². The summed E-state index contributed by atoms with van der Waals surface area (Å²) < 4.78 is 0. The third-order valence-corrected chi connectivity index (χ3v) is 8.90. The molecule has 0 saturated carbocycles. The van der Waals surface area contributed by atoms with Gasteiger partial charge in [-0.1, -0.05) is 146 Å². The summed E-state index contributed by atoms with van der Waals surface area (Å²) >= 11 is 0. The standard InChI is InChI=1S/C43H33N5/c1-29-16-6-2-13-25-35(29)42-44-38(30-17-7-3-8-18-30)28-39(45-42)36-26-33-23-14-15-24-34(33)27-37(36)43-47-40(31-19-9-4-10-20-31)46-41(48-43)32-21-11-5-12-22-32/h2-15,17-29,35H,16H2,1H3. The average molecular weight is 620 g/mol. The van der Waals surface area contributed by atoms with Gasteiger partial charge in [0.2, 0.25) is 0 Å². The van der Waals surface area contributed by atoms with Crippen molar-refractivity contribution in [1.82, 2.24) is 24.9 Å². The Bertz CT molecular complexity index is 2220. The van der Waals surface area contributed by atoms with Crippen LogP contribution in [0.3, 0.4) is 0 Å². The number of benzene rings is 5. The summed E-state index contributed by atoms with van der Waals surface area (Å²) in [6.45, 7) is 2.27. The molecule has 2 unspecified atom stereocenters. The van der Waals surface area contributed by atoms with E-state index in [1.54, 1.807) is 0 Å². The van der Waals surface area contributed by atoms with Gasteiger partial charge in [-0.3, -0.25) is 0 Å². The number of rotatable bonds is 6. The molecule has 0 radical (unpaired) electrons. The fourth-order valence-electron chi connectivity index (χ4n) is 6.31. The number of hydrogen-bond donors (Lipinski definition) is 0. The second kappa shape index (κ2) is 13.0. The van der Waals surface area contributed by atoms with Crippen LogP contribution in [0, 0.1) is 5.92 Å². The Kier molecular flexibility index (Phi) is 7.93. The predicted octanol–water partition coefficient (Wildman–Crippen LogP) is 10.4. The molecule has 0 spiro atoms. The van der Waals surface area contributed by atoms with E-state index >= 15 is 0 Å². The molecule has 0 bridgehead atoms. The van der Waals surface area contributed by atoms with Crippen molar-refractivity contribution in [3.05, 3.63) is 164 Å². The van der Waals surface area contributed by atoms with Crippen LogP contribution >= 0.6 is 0 Å². The summed E-state index contributed by atoms with van der Waals surface area (Å²) in [6, 6.07) is 45.4. The van der Waals surface area contributed by atoms with E-state index in [2.05, 4.69) is 98.0 Å². The Hall–Kier alpha value is -6.07. The van der Waals surface area contributed by atoms with E-state index in [4.69, 9.17) is 24.9 Å². The van der Waals surface area contributed by atoms with Gasteiger partial charge in [0.1, 0.15) is 5.82 Å². The van der Waals surface area contributed by atoms with E-state index in [0.717, 1.165) is 62.2 Å². The Balaban J connectivity index is 1.40. The monoisotopic (exact) mass is 619 g/mol. The molecule has 2 heterocycles. The molecule has 5 nitrogen and oxygen atoms in total. The molecule has 0 N–H and O–H groups in total. The molecule has 0 aliphatic heterocycles. The minimum absolute atomic E-state index is 0.0675. The minimum Gasteiger partial charge on any atom is -0.232 e. The van der Waals surface area contributed by atoms with Gasteiger partial charge in [-0.2, -0.15) is 0 Å². The van der Waals surface area contributed by atoms with E-state index in [9.17, 15) is 0 Å². The van der Waals surface area contributed by atoms with Gasteiger partial charge in [-0.25, -0.2) is 24.9 Å². The summed E-state index contributed by atoms with van der Waals surface area (Å²) in [6.07, 6.45) is 9.65. The van der Waals surface area contributed by atoms with Gasteiger partial charge in [0.15, 0.2) is 17.5 Å². The second-order valence-electron chi connectivity index (χ2n) is 12.2. The lowest BCUT2D eigenvalue weighted by Crippen LogP contribution is -2.12. The Morgan fingerprint density at radius 2 is 1.00 bits per heavy atom. The predicted molar refractivity (Wildman–Crippen MR) is 195 cm³/mol. The van der Waals surface area contributed by atoms with Crippen LogP contribution in [-0.2, 0) is 0 Å². The highest BCUT2D eigenvalue weighted by Gasteiger charge is 2.24. The van der Waals surface area contributed by atoms with Crippen molar-refractivity contribution in [3.8, 4) is 56.7 Å². The molecular formula is C43H33N5. The van der Waals surface area contributed by atoms with Gasteiger partial charge < -0.3 is 0 Å². The third-order valence-electron chi connectivity index (χ3n) is 8.90. The number of allylic oxidation sites excluding steroid dienone is 4. The number of hydrogen-bond acceptors (Lipinski definition) is 5. The van der Waals surface area contributed by atoms with E-state index in [-0.39, 0.29) is 5.92 Å². The number of nitrogens with zero attached hydrogens (tertiary/aromatic N) is 5. The molecule has 0 saturated heterocycles. The first-order chi connectivity index (χ1) is 23.7. The van der Waals surface area contributed by atoms with Gasteiger partial charge in [0, 0.05) is 33.7 Å². The van der Waals surface area contributed by atoms with E-state index < -0.39 is 0 Å². The van der Waals surface area contributed by atoms with Crippen LogP contribution in [0.15, 0.2) is 158 Å². The normalized spacial score (nSPS) is 15.8. The molecule has 7 aromatic rings. The number of fused-ring (bicyclic) bond motifs is 1. The Labute approximate surface area is 280 Å². The number of aromatic nitrogens is 5. The Morgan fingerprint density at radius 1 is 0.479 bits per heavy atom. The molecule has 1 aliphatic carbocycles. The molecule has 2 aromatic heterocycles. The molecular weight excluding hydrogens is 587 g/mol. The summed E-state index contributed by atoms with van der Waals surface area (Å²) in [7, 11) is 0. The van der Waals surface area contributed by atoms with Gasteiger partial charge in [0.25, 0.3) is 0 Å². The van der Waals surface area contributed by atoms with Crippen LogP contribution < -0.4 is 0 Å². The van der Waals surface area contributed by atoms with Gasteiger partial charge in [0.05, 0.1) is 11.4 Å². The Morgan fingerprint density at radius 3 is 1.62 bits per heavy atom. The second-order valence-corrected chi connectivity index (χ2v) is 12.2. The third kappa shape index (κ3) is 5.94. The molecule has 5 heteroatoms. The highest BCUT2D eigenvalue weighted by atomic mass is 15.0. The first-order valence-corrected chi connectivity index (χ1v) is 16.4. The quantitative estimate of drug-likeness (QED) is 0.185. The molecule has 0 fully saturated rings. The smallest absolute Gasteiger partial charge is 0.164 e. The van der Waals surface area contributed by atoms with Gasteiger partial charge >= 0.3 is 0 Å². The summed E-state index contributed by atoms with van der Waals surface area (Å²) in [5.41, 5.74) is 6.46. The largest absolute Gasteiger partial charge is 0.232 e. The molecule has 48 heavy (non-hydrogen) atoms. The fourth-order valence-corrected chi connectivity index (χ4v) is 6.31. The zero-order chi connectivity index (χ0) is 32.3. The molecule has 8 rings (SSSR count). The zero-order valence-electron chi connectivity index (χ0n) is 26.6. The van der Waals surface area contributed by atoms with Crippen LogP contribution in [0.25, 0.3) is 67.5 Å². The van der Waals surface area contributed by atoms with Crippen LogP contribution in [-0.4, -0.2) is 24.9 Å². The SMILES string of the molecule is CC1CC=CC=CC1c1nc(-c2ccccc2)cc(-c2cc3ccccc3cc2-c2nc(-c3ccccc3)nc(-c3ccccc3)n2)n1. The first kappa shape index (κ1) is 29.3. The van der Waals surface area contributed by atoms with Crippen molar-refractivity contribution in [3.63, 3.8) is 0 Å². The maximum Gasteiger partial charge on any atom is 0.164 e. The van der Waals surface area contributed by atoms with Crippen molar-refractivity contribution < 1.29 is 0 Å². The van der Waals surface area contributed by atoms with Crippen LogP contribution in [0.1, 0.15) is 25.1 Å². The van der Waals surface area contributed by atoms with Gasteiger partial charge in [-0.15, -0.1) is 0 Å². The lowest BCUT2D eigenvalue weighted by atomic mass is 9.90. The fraction of sp³-hybridized carbons (Fsp3) is 0.0930. The molecule has 5 aromatic carbocycles. The molecule has 0 amide bonds. The topological polar surface area (TPSA) is 64.5 Å². The summed E-state index contributed by atoms with van der Waals surface area (Å²) in [5.74, 6) is 3.06. The average Bonchev–Trinajstić information content (AvgIpc) is 3.39. The van der Waals surface area contributed by atoms with Crippen LogP contribution in [0.4, 0.5) is 0 Å². The maximum atomic E-state index is 5.34. The lowest BCUT2D eigenvalue weighted by Gasteiger charge is -2.20. The van der Waals surface area contributed by atoms with Crippen molar-refractivity contribution in [2.75, 3.05) is 0 Å². The van der Waals surface area contributed by atoms with E-state index in [0.29, 0.717) is 23.4 Å². The molecule has 230 valence electrons. The maximum absolute atomic E-state index is 5.34. The van der Waals surface area contributed by atoms with Crippen LogP contribution in [0.5, 0.6) is 0 Å². The van der Waals surface area contributed by atoms with Gasteiger partial charge in [-0.05, 0) is 41.3 Å². The van der Waals surface area contributed by atoms with E-state index in [1.807, 2.05) is 66.7 Å². The van der Waals surface area contributed by atoms with Crippen molar-refractivity contribution in [1.29, 1.82) is 0 Å². The van der Waals surface area contributed by atoms with Crippen molar-refractivity contribution in [2.24, 2.45) is 5.92 Å². The van der Waals surface area contributed by atoms with Crippen molar-refractivity contribution in [2.45, 2.75) is 19.3 Å². The zero-order valence-corrected chi connectivity index (χ0v) is 26.6. The van der Waals surface area contributed by atoms with E-state index in [1.165, 1.54) is 0 Å². The molecule has 2 atom stereocenters. The highest BCUT2D eigenvalue weighted by Crippen LogP contribution is 2.38. The van der Waals surface area contributed by atoms with Crippen LogP contribution in [0.2, 0.25) is 0 Å². The summed E-state index contributed by atoms with van der Waals surface area (Å²) in [4.78, 5) is 25.7. The summed E-state index contributed by atoms with van der Waals surface area (Å²) in [5, 5.41) is 2.22. The highest BCUT2D eigenvalue weighted by molar-refractivity contribution is 5.95. The molecule has 1 aliphatic rings. The first-order valence-electron chi connectivity index (χ1n) is 16.4.